The quantitative estimate of drug-likeness (QED) is 0.100. The van der Waals surface area contributed by atoms with Crippen molar-refractivity contribution in [3.63, 3.8) is 0 Å². The molecule has 0 saturated heterocycles. The Kier molecular flexibility index (Phi) is 14.4. The van der Waals surface area contributed by atoms with Gasteiger partial charge < -0.3 is 19.9 Å². The van der Waals surface area contributed by atoms with Gasteiger partial charge in [-0.1, -0.05) is 70.7 Å². The molecule has 0 bridgehead atoms. The molecule has 0 aliphatic heterocycles. The lowest BCUT2D eigenvalue weighted by Gasteiger charge is -2.07. The van der Waals surface area contributed by atoms with Crippen LogP contribution in [0, 0.1) is 29.1 Å². The van der Waals surface area contributed by atoms with Crippen molar-refractivity contribution in [3.8, 4) is 16.9 Å². The van der Waals surface area contributed by atoms with Crippen molar-refractivity contribution >= 4 is 100 Å². The second-order valence-corrected chi connectivity index (χ2v) is 19.1. The first-order valence-electron chi connectivity index (χ1n) is 18.1. The van der Waals surface area contributed by atoms with Gasteiger partial charge in [-0.05, 0) is 96.6 Å². The summed E-state index contributed by atoms with van der Waals surface area (Å²) in [5, 5.41) is 27.6. The number of fused-ring (bicyclic) bond motifs is 2. The molecule has 20 heteroatoms. The topological polar surface area (TPSA) is 174 Å². The number of aromatic nitrogens is 4. The third kappa shape index (κ3) is 9.67. The van der Waals surface area contributed by atoms with Crippen molar-refractivity contribution in [2.75, 3.05) is 7.11 Å². The molecule has 0 aliphatic rings. The van der Waals surface area contributed by atoms with E-state index in [-0.39, 0.29) is 38.1 Å². The van der Waals surface area contributed by atoms with E-state index in [0.717, 1.165) is 24.7 Å². The molecule has 0 fully saturated rings. The van der Waals surface area contributed by atoms with Crippen molar-refractivity contribution in [2.24, 2.45) is 0 Å². The molecule has 8 aromatic rings. The number of aryl methyl sites for hydroxylation is 2. The van der Waals surface area contributed by atoms with Gasteiger partial charge in [0, 0.05) is 56.4 Å². The highest BCUT2D eigenvalue weighted by atomic mass is 127. The van der Waals surface area contributed by atoms with Gasteiger partial charge in [0.1, 0.15) is 17.4 Å². The molecule has 0 unspecified atom stereocenters. The first-order chi connectivity index (χ1) is 29.4. The summed E-state index contributed by atoms with van der Waals surface area (Å²) < 4.78 is 87.7. The maximum atomic E-state index is 14.8. The summed E-state index contributed by atoms with van der Waals surface area (Å²) in [5.74, 6) is -0.931. The molecule has 4 heterocycles. The second-order valence-electron chi connectivity index (χ2n) is 13.5. The van der Waals surface area contributed by atoms with Gasteiger partial charge in [-0.2, -0.15) is 0 Å². The van der Waals surface area contributed by atoms with E-state index < -0.39 is 38.8 Å². The number of hydrogen-bond donors (Lipinski definition) is 3. The molecule has 0 spiro atoms. The summed E-state index contributed by atoms with van der Waals surface area (Å²) in [5.41, 5.74) is 3.14. The number of hydrogen-bond acceptors (Lipinski definition) is 10. The molecule has 320 valence electrons. The van der Waals surface area contributed by atoms with Crippen LogP contribution in [0.15, 0.2) is 132 Å². The van der Waals surface area contributed by atoms with Crippen LogP contribution in [0.3, 0.4) is 0 Å². The predicted molar refractivity (Wildman–Crippen MR) is 244 cm³/mol. The van der Waals surface area contributed by atoms with Crippen LogP contribution < -0.4 is 10.2 Å². The molecular weight excluding hydrogens is 999 g/mol. The first-order valence-corrected chi connectivity index (χ1v) is 22.8. The van der Waals surface area contributed by atoms with Crippen LogP contribution in [-0.4, -0.2) is 64.1 Å². The van der Waals surface area contributed by atoms with Crippen LogP contribution in [0.5, 0.6) is 5.75 Å². The first kappa shape index (κ1) is 46.6. The molecule has 0 amide bonds. The summed E-state index contributed by atoms with van der Waals surface area (Å²) in [6, 6.07) is 24.4. The fourth-order valence-corrected chi connectivity index (χ4v) is 10.3. The summed E-state index contributed by atoms with van der Waals surface area (Å²) in [6.45, 7) is 3.51. The zero-order valence-electron chi connectivity index (χ0n) is 32.7. The highest BCUT2D eigenvalue weighted by Gasteiger charge is 2.26. The molecule has 8 rings (SSSR count). The highest BCUT2D eigenvalue weighted by molar-refractivity contribution is 14.1. The molecule has 0 atom stereocenters. The van der Waals surface area contributed by atoms with E-state index in [4.69, 9.17) is 43.1 Å². The van der Waals surface area contributed by atoms with Crippen molar-refractivity contribution in [1.29, 1.82) is 0 Å². The lowest BCUT2D eigenvalue weighted by atomic mass is 9.79. The van der Waals surface area contributed by atoms with Gasteiger partial charge in [0.25, 0.3) is 20.0 Å². The molecule has 4 aromatic heterocycles. The molecule has 3 N–H and O–H groups in total. The number of pyridine rings is 2. The average molecular weight is 1030 g/mol. The molecule has 62 heavy (non-hydrogen) atoms. The van der Waals surface area contributed by atoms with E-state index in [0.29, 0.717) is 38.3 Å². The number of ether oxygens (including phenoxy) is 1. The zero-order chi connectivity index (χ0) is 45.1. The zero-order valence-corrected chi connectivity index (χ0v) is 38.0. The highest BCUT2D eigenvalue weighted by Crippen LogP contribution is 2.38. The van der Waals surface area contributed by atoms with Gasteiger partial charge in [0.05, 0.1) is 38.9 Å². The Morgan fingerprint density at radius 3 is 1.69 bits per heavy atom. The number of benzene rings is 4. The number of halogens is 5. The standard InChI is InChI=1S/C21H16ClFN2O3S.C14H10ClIN2O2S.C7H8BFO3/c1-13-3-6-15(7-4-13)29(26,27)25-12-17(20-18(22)9-10-24-21(20)25)16-8-5-14(28-2)11-19(16)23;1-9-2-4-10(5-3-9)21(19,20)18-8-12(16)13-11(15)6-7-17-14(13)18;9-7-3-5(4-10)1-2-6(7)8(11)12/h3-12H,1-2H3;2-8H,1H3;1-3,10-12H,4H2. The van der Waals surface area contributed by atoms with Gasteiger partial charge in [0.2, 0.25) is 0 Å². The molecule has 0 aliphatic carbocycles. The van der Waals surface area contributed by atoms with Gasteiger partial charge in [-0.25, -0.2) is 43.5 Å². The van der Waals surface area contributed by atoms with Crippen LogP contribution in [0.1, 0.15) is 16.7 Å². The lowest BCUT2D eigenvalue weighted by Crippen LogP contribution is -2.32. The summed E-state index contributed by atoms with van der Waals surface area (Å²) in [6.07, 6.45) is 5.81. The van der Waals surface area contributed by atoms with Gasteiger partial charge >= 0.3 is 7.12 Å². The number of aliphatic hydroxyl groups is 1. The smallest absolute Gasteiger partial charge is 0.491 e. The Balaban J connectivity index is 0.000000169. The second kappa shape index (κ2) is 19.2. The van der Waals surface area contributed by atoms with E-state index in [1.807, 2.05) is 13.8 Å². The minimum atomic E-state index is -3.96. The van der Waals surface area contributed by atoms with E-state index in [2.05, 4.69) is 32.6 Å². The minimum Gasteiger partial charge on any atom is -0.497 e. The summed E-state index contributed by atoms with van der Waals surface area (Å²) in [7, 11) is -8.02. The van der Waals surface area contributed by atoms with E-state index in [1.54, 1.807) is 54.7 Å². The fourth-order valence-electron chi connectivity index (χ4n) is 6.07. The van der Waals surface area contributed by atoms with Crippen LogP contribution in [0.4, 0.5) is 8.78 Å². The number of aliphatic hydroxyl groups excluding tert-OH is 1. The van der Waals surface area contributed by atoms with Crippen molar-refractivity contribution in [2.45, 2.75) is 30.2 Å². The van der Waals surface area contributed by atoms with E-state index in [9.17, 15) is 25.6 Å². The van der Waals surface area contributed by atoms with Gasteiger partial charge in [-0.3, -0.25) is 0 Å². The third-order valence-corrected chi connectivity index (χ3v) is 14.1. The molecule has 0 saturated carbocycles. The Labute approximate surface area is 379 Å². The largest absolute Gasteiger partial charge is 0.497 e. The number of nitrogens with zero attached hydrogens (tertiary/aromatic N) is 4. The van der Waals surface area contributed by atoms with Crippen LogP contribution in [0.2, 0.25) is 10.0 Å². The van der Waals surface area contributed by atoms with Gasteiger partial charge in [0.15, 0.2) is 11.3 Å². The van der Waals surface area contributed by atoms with Gasteiger partial charge in [-0.15, -0.1) is 0 Å². The Hall–Kier alpha value is -4.93. The lowest BCUT2D eigenvalue weighted by molar-refractivity contribution is 0.281. The van der Waals surface area contributed by atoms with Crippen LogP contribution in [0.25, 0.3) is 33.2 Å². The van der Waals surface area contributed by atoms with Crippen molar-refractivity contribution < 1.29 is 45.5 Å². The Morgan fingerprint density at radius 1 is 0.694 bits per heavy atom. The summed E-state index contributed by atoms with van der Waals surface area (Å²) in [4.78, 5) is 8.71. The molecule has 0 radical (unpaired) electrons. The third-order valence-electron chi connectivity index (χ3n) is 9.31. The number of methoxy groups -OCH3 is 1. The maximum absolute atomic E-state index is 14.8. The molecule has 12 nitrogen and oxygen atoms in total. The fraction of sp³-hybridized carbons (Fsp3) is 0.0952. The Bertz CT molecular complexity index is 3160. The molecular formula is C42H34BCl2F2IN4O8S2. The van der Waals surface area contributed by atoms with Crippen LogP contribution >= 0.6 is 45.8 Å². The van der Waals surface area contributed by atoms with Crippen LogP contribution in [-0.2, 0) is 26.7 Å². The van der Waals surface area contributed by atoms with E-state index >= 15 is 0 Å². The Morgan fingerprint density at radius 2 is 1.21 bits per heavy atom. The monoisotopic (exact) mass is 1030 g/mol. The predicted octanol–water partition coefficient (Wildman–Crippen LogP) is 7.89. The average Bonchev–Trinajstić information content (AvgIpc) is 3.82. The number of rotatable bonds is 8. The van der Waals surface area contributed by atoms with Crippen molar-refractivity contribution in [3.05, 3.63) is 164 Å². The van der Waals surface area contributed by atoms with Crippen molar-refractivity contribution in [1.82, 2.24) is 17.9 Å². The summed E-state index contributed by atoms with van der Waals surface area (Å²) >= 11 is 14.6. The minimum absolute atomic E-state index is 0.100. The maximum Gasteiger partial charge on any atom is 0.491 e. The van der Waals surface area contributed by atoms with E-state index in [1.165, 1.54) is 72.1 Å². The SMILES string of the molecule is COc1ccc(-c2cn(S(=O)(=O)c3ccc(C)cc3)c3nccc(Cl)c23)c(F)c1.Cc1ccc(S(=O)(=O)n2cc(I)c3c(Cl)ccnc32)cc1.OCc1ccc(B(O)O)c(F)c1. The molecule has 4 aromatic carbocycles. The normalized spacial score (nSPS) is 11.5.